The number of rotatable bonds is 7. The summed E-state index contributed by atoms with van der Waals surface area (Å²) in [6.45, 7) is 3.23. The second kappa shape index (κ2) is 10.1. The minimum absolute atomic E-state index is 0.0677. The summed E-state index contributed by atoms with van der Waals surface area (Å²) in [5, 5.41) is 2.90. The normalized spacial score (nSPS) is 15.8. The van der Waals surface area contributed by atoms with Crippen molar-refractivity contribution >= 4 is 11.8 Å². The third-order valence-corrected chi connectivity index (χ3v) is 5.67. The monoisotopic (exact) mass is 429 g/mol. The molecule has 0 bridgehead atoms. The van der Waals surface area contributed by atoms with Crippen LogP contribution in [0.1, 0.15) is 17.5 Å². The molecule has 0 spiro atoms. The summed E-state index contributed by atoms with van der Waals surface area (Å²) in [5.41, 5.74) is 4.09. The summed E-state index contributed by atoms with van der Waals surface area (Å²) in [6, 6.07) is 19.2. The highest BCUT2D eigenvalue weighted by molar-refractivity contribution is 5.89. The predicted molar refractivity (Wildman–Crippen MR) is 123 cm³/mol. The number of ether oxygens (including phenoxy) is 1. The number of pyridine rings is 1. The molecular weight excluding hydrogens is 402 g/mol. The number of benzene rings is 2. The van der Waals surface area contributed by atoms with Crippen molar-refractivity contribution in [3.8, 4) is 16.9 Å². The fourth-order valence-corrected chi connectivity index (χ4v) is 3.96. The Morgan fingerprint density at radius 3 is 2.78 bits per heavy atom. The molecule has 0 saturated carbocycles. The largest absolute Gasteiger partial charge is 0.493 e. The van der Waals surface area contributed by atoms with Crippen molar-refractivity contribution in [2.24, 2.45) is 0 Å². The Hall–Kier alpha value is -3.67. The van der Waals surface area contributed by atoms with Crippen LogP contribution in [0.15, 0.2) is 73.1 Å². The topological polar surface area (TPSA) is 71.5 Å². The minimum Gasteiger partial charge on any atom is -0.493 e. The molecule has 32 heavy (non-hydrogen) atoms. The first-order valence-corrected chi connectivity index (χ1v) is 10.9. The fraction of sp³-hybridized carbons (Fsp3) is 0.269. The van der Waals surface area contributed by atoms with Crippen LogP contribution in [0, 0.1) is 6.92 Å². The van der Waals surface area contributed by atoms with Gasteiger partial charge in [-0.15, -0.1) is 0 Å². The quantitative estimate of drug-likeness (QED) is 0.625. The van der Waals surface area contributed by atoms with Gasteiger partial charge in [-0.3, -0.25) is 14.6 Å². The highest BCUT2D eigenvalue weighted by Gasteiger charge is 2.32. The molecule has 1 fully saturated rings. The van der Waals surface area contributed by atoms with Gasteiger partial charge < -0.3 is 15.0 Å². The van der Waals surface area contributed by atoms with Gasteiger partial charge in [-0.05, 0) is 41.3 Å². The molecule has 0 radical (unpaired) electrons. The van der Waals surface area contributed by atoms with E-state index in [1.807, 2.05) is 67.7 Å². The molecule has 164 valence electrons. The van der Waals surface area contributed by atoms with Crippen LogP contribution >= 0.6 is 0 Å². The van der Waals surface area contributed by atoms with Crippen LogP contribution in [0.3, 0.4) is 0 Å². The summed E-state index contributed by atoms with van der Waals surface area (Å²) < 4.78 is 5.79. The lowest BCUT2D eigenvalue weighted by Gasteiger charge is -2.35. The average Bonchev–Trinajstić information content (AvgIpc) is 2.82. The van der Waals surface area contributed by atoms with E-state index in [-0.39, 0.29) is 24.8 Å². The molecule has 2 aromatic carbocycles. The molecule has 6 heteroatoms. The minimum atomic E-state index is -0.529. The van der Waals surface area contributed by atoms with E-state index in [0.29, 0.717) is 19.5 Å². The number of aromatic nitrogens is 1. The molecule has 1 aliphatic heterocycles. The maximum atomic E-state index is 13.0. The van der Waals surface area contributed by atoms with Crippen molar-refractivity contribution in [2.45, 2.75) is 25.8 Å². The van der Waals surface area contributed by atoms with Crippen molar-refractivity contribution in [1.82, 2.24) is 15.2 Å². The van der Waals surface area contributed by atoms with Crippen LogP contribution in [0.5, 0.6) is 5.75 Å². The third-order valence-electron chi connectivity index (χ3n) is 5.67. The first-order chi connectivity index (χ1) is 15.6. The zero-order valence-corrected chi connectivity index (χ0v) is 18.2. The van der Waals surface area contributed by atoms with Crippen molar-refractivity contribution in [3.63, 3.8) is 0 Å². The molecule has 0 unspecified atom stereocenters. The second-order valence-corrected chi connectivity index (χ2v) is 7.90. The van der Waals surface area contributed by atoms with E-state index in [2.05, 4.69) is 16.4 Å². The number of para-hydroxylation sites is 1. The molecule has 1 N–H and O–H groups in total. The summed E-state index contributed by atoms with van der Waals surface area (Å²) >= 11 is 0. The van der Waals surface area contributed by atoms with Gasteiger partial charge in [-0.2, -0.15) is 0 Å². The van der Waals surface area contributed by atoms with Crippen molar-refractivity contribution in [2.75, 3.05) is 19.7 Å². The van der Waals surface area contributed by atoms with E-state index < -0.39 is 6.04 Å². The first-order valence-electron chi connectivity index (χ1n) is 10.9. The van der Waals surface area contributed by atoms with E-state index >= 15 is 0 Å². The maximum Gasteiger partial charge on any atom is 0.243 e. The van der Waals surface area contributed by atoms with E-state index in [4.69, 9.17) is 4.74 Å². The number of hydrogen-bond donors (Lipinski definition) is 1. The maximum absolute atomic E-state index is 13.0. The summed E-state index contributed by atoms with van der Waals surface area (Å²) in [6.07, 6.45) is 4.25. The molecule has 3 aromatic rings. The number of carbonyl (C=O) groups is 2. The summed E-state index contributed by atoms with van der Waals surface area (Å²) in [7, 11) is 0. The Morgan fingerprint density at radius 2 is 1.97 bits per heavy atom. The lowest BCUT2D eigenvalue weighted by molar-refractivity contribution is -0.143. The van der Waals surface area contributed by atoms with Crippen molar-refractivity contribution in [3.05, 3.63) is 84.2 Å². The van der Waals surface area contributed by atoms with Crippen LogP contribution in [-0.4, -0.2) is 47.4 Å². The van der Waals surface area contributed by atoms with Crippen LogP contribution < -0.4 is 10.1 Å². The SMILES string of the molecule is Cc1ccccc1OCCC(=O)N1CCNC(=O)[C@H]1Cc1cccc(-c2cccnc2)c1. The molecular formula is C26H27N3O3. The average molecular weight is 430 g/mol. The number of nitrogens with zero attached hydrogens (tertiary/aromatic N) is 2. The molecule has 1 aromatic heterocycles. The van der Waals surface area contributed by atoms with Gasteiger partial charge in [-0.25, -0.2) is 0 Å². The van der Waals surface area contributed by atoms with Crippen LogP contribution in [0.25, 0.3) is 11.1 Å². The molecule has 0 aliphatic carbocycles. The number of nitrogens with one attached hydrogen (secondary N) is 1. The van der Waals surface area contributed by atoms with Gasteiger partial charge in [0.15, 0.2) is 0 Å². The van der Waals surface area contributed by atoms with E-state index in [0.717, 1.165) is 28.0 Å². The highest BCUT2D eigenvalue weighted by Crippen LogP contribution is 2.22. The third kappa shape index (κ3) is 5.14. The molecule has 6 nitrogen and oxygen atoms in total. The van der Waals surface area contributed by atoms with Gasteiger partial charge >= 0.3 is 0 Å². The van der Waals surface area contributed by atoms with Gasteiger partial charge in [0.2, 0.25) is 11.8 Å². The van der Waals surface area contributed by atoms with Gasteiger partial charge in [0, 0.05) is 31.9 Å². The van der Waals surface area contributed by atoms with Gasteiger partial charge in [0.1, 0.15) is 11.8 Å². The summed E-state index contributed by atoms with van der Waals surface area (Å²) in [4.78, 5) is 31.5. The highest BCUT2D eigenvalue weighted by atomic mass is 16.5. The van der Waals surface area contributed by atoms with E-state index in [1.54, 1.807) is 11.1 Å². The van der Waals surface area contributed by atoms with Gasteiger partial charge in [0.05, 0.1) is 13.0 Å². The van der Waals surface area contributed by atoms with Gasteiger partial charge in [0.25, 0.3) is 0 Å². The predicted octanol–water partition coefficient (Wildman–Crippen LogP) is 3.40. The second-order valence-electron chi connectivity index (χ2n) is 7.90. The number of aryl methyl sites for hydroxylation is 1. The molecule has 4 rings (SSSR count). The lowest BCUT2D eigenvalue weighted by atomic mass is 9.98. The van der Waals surface area contributed by atoms with Crippen LogP contribution in [0.4, 0.5) is 0 Å². The van der Waals surface area contributed by atoms with Crippen molar-refractivity contribution in [1.29, 1.82) is 0 Å². The molecule has 1 saturated heterocycles. The van der Waals surface area contributed by atoms with Gasteiger partial charge in [-0.1, -0.05) is 48.5 Å². The Morgan fingerprint density at radius 1 is 1.12 bits per heavy atom. The summed E-state index contributed by atoms with van der Waals surface area (Å²) in [5.74, 6) is 0.596. The Labute approximate surface area is 188 Å². The molecule has 2 heterocycles. The zero-order chi connectivity index (χ0) is 22.3. The molecule has 2 amide bonds. The number of piperazine rings is 1. The Kier molecular flexibility index (Phi) is 6.80. The van der Waals surface area contributed by atoms with E-state index in [1.165, 1.54) is 0 Å². The Balaban J connectivity index is 1.43. The van der Waals surface area contributed by atoms with Crippen LogP contribution in [-0.2, 0) is 16.0 Å². The Bertz CT molecular complexity index is 1080. The molecule has 1 atom stereocenters. The molecule has 1 aliphatic rings. The number of hydrogen-bond acceptors (Lipinski definition) is 4. The zero-order valence-electron chi connectivity index (χ0n) is 18.2. The first kappa shape index (κ1) is 21.6. The number of carbonyl (C=O) groups excluding carboxylic acids is 2. The van der Waals surface area contributed by atoms with Crippen molar-refractivity contribution < 1.29 is 14.3 Å². The van der Waals surface area contributed by atoms with E-state index in [9.17, 15) is 9.59 Å². The lowest BCUT2D eigenvalue weighted by Crippen LogP contribution is -2.58. The number of amides is 2. The van der Waals surface area contributed by atoms with Crippen LogP contribution in [0.2, 0.25) is 0 Å². The fourth-order valence-electron chi connectivity index (χ4n) is 3.96. The smallest absolute Gasteiger partial charge is 0.243 e. The standard InChI is InChI=1S/C26H27N3O3/c1-19-6-2-3-10-24(19)32-15-11-25(30)29-14-13-28-26(31)23(29)17-20-7-4-8-21(16-20)22-9-5-12-27-18-22/h2-10,12,16,18,23H,11,13-15,17H2,1H3,(H,28,31)/t23-/m1/s1.